The van der Waals surface area contributed by atoms with Gasteiger partial charge in [0.05, 0.1) is 4.47 Å². The van der Waals surface area contributed by atoms with Crippen LogP contribution in [-0.2, 0) is 4.79 Å². The summed E-state index contributed by atoms with van der Waals surface area (Å²) in [7, 11) is 0. The maximum absolute atomic E-state index is 12.7. The van der Waals surface area contributed by atoms with E-state index < -0.39 is 11.6 Å². The van der Waals surface area contributed by atoms with Gasteiger partial charge in [0.1, 0.15) is 5.82 Å². The molecule has 0 bridgehead atoms. The highest BCUT2D eigenvalue weighted by Crippen LogP contribution is 2.24. The Hall–Kier alpha value is -0.970. The van der Waals surface area contributed by atoms with Gasteiger partial charge in [-0.2, -0.15) is 0 Å². The first kappa shape index (κ1) is 9.12. The molecule has 1 aromatic rings. The van der Waals surface area contributed by atoms with Crippen molar-refractivity contribution in [3.05, 3.63) is 28.2 Å². The first-order valence-electron chi connectivity index (χ1n) is 2.90. The van der Waals surface area contributed by atoms with E-state index in [1.54, 1.807) is 0 Å². The second-order valence-corrected chi connectivity index (χ2v) is 2.77. The third-order valence-electron chi connectivity index (χ3n) is 1.15. The molecular formula is C7H3BrF2O2. The van der Waals surface area contributed by atoms with Crippen LogP contribution in [0.4, 0.5) is 8.78 Å². The molecule has 1 rings (SSSR count). The van der Waals surface area contributed by atoms with Crippen LogP contribution in [0.2, 0.25) is 0 Å². The van der Waals surface area contributed by atoms with Gasteiger partial charge in [0, 0.05) is 12.1 Å². The van der Waals surface area contributed by atoms with Crippen molar-refractivity contribution in [1.29, 1.82) is 0 Å². The quantitative estimate of drug-likeness (QED) is 0.582. The zero-order chi connectivity index (χ0) is 9.14. The number of carbonyl (C=O) groups excluding carboxylic acids is 1. The average Bonchev–Trinajstić information content (AvgIpc) is 2.01. The van der Waals surface area contributed by atoms with E-state index in [-0.39, 0.29) is 16.7 Å². The predicted molar refractivity (Wildman–Crippen MR) is 40.8 cm³/mol. The van der Waals surface area contributed by atoms with Crippen molar-refractivity contribution < 1.29 is 18.3 Å². The highest BCUT2D eigenvalue weighted by Gasteiger charge is 2.08. The summed E-state index contributed by atoms with van der Waals surface area (Å²) in [6, 6.07) is 1.67. The molecule has 2 nitrogen and oxygen atoms in total. The summed E-state index contributed by atoms with van der Waals surface area (Å²) in [6.45, 7) is 0.0722. The second kappa shape index (κ2) is 3.62. The van der Waals surface area contributed by atoms with E-state index in [2.05, 4.69) is 20.7 Å². The molecule has 0 aliphatic heterocycles. The first-order chi connectivity index (χ1) is 5.65. The Morgan fingerprint density at radius 1 is 1.33 bits per heavy atom. The molecule has 0 amide bonds. The fraction of sp³-hybridized carbons (Fsp3) is 0. The smallest absolute Gasteiger partial charge is 0.298 e. The van der Waals surface area contributed by atoms with Crippen molar-refractivity contribution in [2.24, 2.45) is 0 Å². The summed E-state index contributed by atoms with van der Waals surface area (Å²) in [4.78, 5) is 9.82. The molecule has 0 radical (unpaired) electrons. The van der Waals surface area contributed by atoms with Crippen molar-refractivity contribution in [3.8, 4) is 5.75 Å². The number of carbonyl (C=O) groups is 1. The van der Waals surface area contributed by atoms with Gasteiger partial charge in [0.2, 0.25) is 0 Å². The van der Waals surface area contributed by atoms with Gasteiger partial charge in [-0.1, -0.05) is 0 Å². The molecule has 0 fully saturated rings. The molecule has 0 saturated heterocycles. The molecule has 0 aromatic heterocycles. The molecule has 1 aromatic carbocycles. The second-order valence-electron chi connectivity index (χ2n) is 1.91. The highest BCUT2D eigenvalue weighted by molar-refractivity contribution is 9.10. The van der Waals surface area contributed by atoms with E-state index >= 15 is 0 Å². The summed E-state index contributed by atoms with van der Waals surface area (Å²) in [5.74, 6) is -1.97. The molecule has 0 aliphatic carbocycles. The summed E-state index contributed by atoms with van der Waals surface area (Å²) >= 11 is 2.81. The van der Waals surface area contributed by atoms with Gasteiger partial charge in [-0.05, 0) is 15.9 Å². The number of hydrogen-bond acceptors (Lipinski definition) is 2. The van der Waals surface area contributed by atoms with Crippen molar-refractivity contribution >= 4 is 22.4 Å². The normalized spacial score (nSPS) is 9.58. The number of ether oxygens (including phenoxy) is 1. The van der Waals surface area contributed by atoms with Gasteiger partial charge in [0.15, 0.2) is 11.6 Å². The molecule has 0 heterocycles. The topological polar surface area (TPSA) is 26.3 Å². The summed E-state index contributed by atoms with van der Waals surface area (Å²) in [5.41, 5.74) is 0. The molecule has 0 unspecified atom stereocenters. The van der Waals surface area contributed by atoms with Crippen LogP contribution in [0.5, 0.6) is 5.75 Å². The van der Waals surface area contributed by atoms with E-state index in [9.17, 15) is 13.6 Å². The van der Waals surface area contributed by atoms with Gasteiger partial charge in [-0.15, -0.1) is 0 Å². The fourth-order valence-electron chi connectivity index (χ4n) is 0.646. The van der Waals surface area contributed by atoms with Crippen molar-refractivity contribution in [2.75, 3.05) is 0 Å². The van der Waals surface area contributed by atoms with Crippen molar-refractivity contribution in [3.63, 3.8) is 0 Å². The predicted octanol–water partition coefficient (Wildman–Crippen LogP) is 2.26. The number of hydrogen-bond donors (Lipinski definition) is 0. The monoisotopic (exact) mass is 236 g/mol. The third kappa shape index (κ3) is 1.79. The Kier molecular flexibility index (Phi) is 2.75. The maximum Gasteiger partial charge on any atom is 0.298 e. The van der Waals surface area contributed by atoms with Crippen LogP contribution in [0.1, 0.15) is 0 Å². The summed E-state index contributed by atoms with van der Waals surface area (Å²) in [6.07, 6.45) is 0. The Bertz CT molecular complexity index is 315. The third-order valence-corrected chi connectivity index (χ3v) is 1.76. The molecule has 0 saturated carbocycles. The van der Waals surface area contributed by atoms with E-state index in [0.717, 1.165) is 6.07 Å². The van der Waals surface area contributed by atoms with Crippen LogP contribution < -0.4 is 4.74 Å². The minimum absolute atomic E-state index is 0.0424. The van der Waals surface area contributed by atoms with E-state index in [1.807, 2.05) is 0 Å². The molecule has 0 aliphatic rings. The van der Waals surface area contributed by atoms with Gasteiger partial charge in [-0.25, -0.2) is 8.78 Å². The molecule has 0 N–H and O–H groups in total. The lowest BCUT2D eigenvalue weighted by atomic mass is 10.3. The highest BCUT2D eigenvalue weighted by atomic mass is 79.9. The van der Waals surface area contributed by atoms with Crippen molar-refractivity contribution in [1.82, 2.24) is 0 Å². The first-order valence-corrected chi connectivity index (χ1v) is 3.69. The molecule has 12 heavy (non-hydrogen) atoms. The molecule has 64 valence electrons. The maximum atomic E-state index is 12.7. The molecule has 0 spiro atoms. The Morgan fingerprint density at radius 3 is 2.58 bits per heavy atom. The zero-order valence-corrected chi connectivity index (χ0v) is 7.27. The van der Waals surface area contributed by atoms with Gasteiger partial charge in [-0.3, -0.25) is 4.79 Å². The molecule has 0 atom stereocenters. The van der Waals surface area contributed by atoms with Crippen LogP contribution in [0.15, 0.2) is 16.6 Å². The number of halogens is 3. The van der Waals surface area contributed by atoms with Gasteiger partial charge >= 0.3 is 0 Å². The lowest BCUT2D eigenvalue weighted by Crippen LogP contribution is -1.93. The molecular weight excluding hydrogens is 234 g/mol. The van der Waals surface area contributed by atoms with E-state index in [0.29, 0.717) is 6.07 Å². The molecule has 5 heteroatoms. The van der Waals surface area contributed by atoms with E-state index in [4.69, 9.17) is 0 Å². The van der Waals surface area contributed by atoms with Crippen LogP contribution >= 0.6 is 15.9 Å². The standard InChI is InChI=1S/C7H3BrF2O2/c8-4-1-7(12-3-11)6(10)2-5(4)9/h1-3H. The lowest BCUT2D eigenvalue weighted by molar-refractivity contribution is -0.120. The SMILES string of the molecule is O=COc1cc(Br)c(F)cc1F. The summed E-state index contributed by atoms with van der Waals surface area (Å²) < 4.78 is 29.5. The minimum Gasteiger partial charge on any atom is -0.426 e. The Morgan fingerprint density at radius 2 is 2.00 bits per heavy atom. The minimum atomic E-state index is -0.914. The van der Waals surface area contributed by atoms with Crippen LogP contribution in [-0.4, -0.2) is 6.47 Å². The largest absolute Gasteiger partial charge is 0.426 e. The average molecular weight is 237 g/mol. The van der Waals surface area contributed by atoms with E-state index in [1.165, 1.54) is 0 Å². The van der Waals surface area contributed by atoms with Gasteiger partial charge < -0.3 is 4.74 Å². The van der Waals surface area contributed by atoms with Crippen molar-refractivity contribution in [2.45, 2.75) is 0 Å². The Balaban J connectivity index is 3.13. The van der Waals surface area contributed by atoms with Gasteiger partial charge in [0.25, 0.3) is 6.47 Å². The van der Waals surface area contributed by atoms with Crippen LogP contribution in [0.25, 0.3) is 0 Å². The number of benzene rings is 1. The van der Waals surface area contributed by atoms with Crippen LogP contribution in [0.3, 0.4) is 0 Å². The zero-order valence-electron chi connectivity index (χ0n) is 5.68. The van der Waals surface area contributed by atoms with Crippen LogP contribution in [0, 0.1) is 11.6 Å². The number of rotatable bonds is 2. The summed E-state index contributed by atoms with van der Waals surface area (Å²) in [5, 5.41) is 0. The lowest BCUT2D eigenvalue weighted by Gasteiger charge is -2.00. The fourth-order valence-corrected chi connectivity index (χ4v) is 0.969. The Labute approximate surface area is 75.3 Å².